The molecular weight excluding hydrogens is 1510 g/mol. The van der Waals surface area contributed by atoms with E-state index in [9.17, 15) is 57.8 Å². The molecule has 4 heterocycles. The van der Waals surface area contributed by atoms with E-state index in [0.29, 0.717) is 57.9 Å². The number of aryl methyl sites for hydroxylation is 3. The number of benzene rings is 6. The van der Waals surface area contributed by atoms with Crippen LogP contribution in [0.25, 0.3) is 0 Å². The second-order valence-electron chi connectivity index (χ2n) is 29.7. The van der Waals surface area contributed by atoms with Crippen molar-refractivity contribution in [3.05, 3.63) is 214 Å². The smallest absolute Gasteiger partial charge is 0.419 e. The van der Waals surface area contributed by atoms with Crippen LogP contribution in [0.1, 0.15) is 174 Å². The highest BCUT2D eigenvalue weighted by atomic mass is 35.5. The van der Waals surface area contributed by atoms with E-state index in [0.717, 1.165) is 45.5 Å². The highest BCUT2D eigenvalue weighted by Gasteiger charge is 2.46. The lowest BCUT2D eigenvalue weighted by atomic mass is 9.93. The van der Waals surface area contributed by atoms with Crippen molar-refractivity contribution in [2.75, 3.05) is 19.8 Å². The molecule has 0 aliphatic carbocycles. The number of carbonyl (C=O) groups excluding carboxylic acids is 12. The number of hydrogen-bond acceptors (Lipinski definition) is 22. The summed E-state index contributed by atoms with van der Waals surface area (Å²) in [6.45, 7) is 26.3. The molecule has 4 aliphatic rings. The van der Waals surface area contributed by atoms with Crippen molar-refractivity contribution in [1.82, 2.24) is 30.7 Å². The third-order valence-electron chi connectivity index (χ3n) is 18.3. The number of esters is 6. The summed E-state index contributed by atoms with van der Waals surface area (Å²) >= 11 is 0. The number of carboxylic acids is 1. The zero-order valence-electron chi connectivity index (χ0n) is 68.3. The zero-order valence-corrected chi connectivity index (χ0v) is 69.2. The molecule has 116 heavy (non-hydrogen) atoms. The van der Waals surface area contributed by atoms with Crippen LogP contribution >= 0.6 is 12.4 Å². The summed E-state index contributed by atoms with van der Waals surface area (Å²) in [7, 11) is 0. The first kappa shape index (κ1) is 99.4. The molecule has 4 N–H and O–H groups in total. The molecule has 0 spiro atoms. The molecule has 0 bridgehead atoms. The second-order valence-corrected chi connectivity index (χ2v) is 29.7. The van der Waals surface area contributed by atoms with Crippen molar-refractivity contribution in [2.24, 2.45) is 0 Å². The molecule has 26 nitrogen and oxygen atoms in total. The monoisotopic (exact) mass is 1620 g/mol. The highest BCUT2D eigenvalue weighted by molar-refractivity contribution is 5.98. The molecule has 9 atom stereocenters. The maximum absolute atomic E-state index is 13.7. The minimum atomic E-state index is -1.04. The maximum atomic E-state index is 13.7. The van der Waals surface area contributed by atoms with Crippen LogP contribution in [-0.4, -0.2) is 177 Å². The lowest BCUT2D eigenvalue weighted by molar-refractivity contribution is -0.192. The van der Waals surface area contributed by atoms with Gasteiger partial charge < -0.3 is 53.4 Å². The van der Waals surface area contributed by atoms with Crippen molar-refractivity contribution in [1.29, 1.82) is 0 Å². The van der Waals surface area contributed by atoms with Gasteiger partial charge in [-0.25, -0.2) is 24.0 Å². The molecule has 10 rings (SSSR count). The van der Waals surface area contributed by atoms with Crippen molar-refractivity contribution >= 4 is 84.0 Å². The minimum Gasteiger partial charge on any atom is -0.480 e. The third kappa shape index (κ3) is 32.9. The van der Waals surface area contributed by atoms with Crippen LogP contribution in [0.15, 0.2) is 164 Å². The van der Waals surface area contributed by atoms with Crippen molar-refractivity contribution in [2.45, 2.75) is 247 Å². The molecule has 3 amide bonds. The third-order valence-corrected chi connectivity index (χ3v) is 18.3. The standard InChI is InChI=1S/C29H38N2O5.C25H30N2O5.C16H19NO5.C14H19NO2.C3H6O.CO2.CH4.ClH/c1-6-35-27(33)24(17-16-21-12-8-7-9-13-21)30-20(2)26(32)31-19-23-15-11-10-14-22(23)18-25(31)28(34)36-29(3,4)5;1-3-32-25(31)21(14-13-18-9-5-4-6-10-18)26-17(2)23(28)27-16-20-12-8-7-11-19(20)15-22(27)24(29)30;1-3-21-15(19)13(10-9-12-7-5-4-6-8-12)17-11(2)14(18)22-16(17)20;1-14(2,3)17-13(16)12-8-10-6-4-5-7-11(10)9-15-12;1-3(2)4;2-1-3;;/h7-15,20,24-25,30H,6,16-19H2,1-5H3;4-12,17,21-22,26H,3,13-16H2,1-2H3,(H,29,30);4-8,11,13H,3,9-10H2,1-2H3;4-7,12,15H,8-9H2,1-3H3;1-2H3;;1H4;1H/t20-,24-,25-;17-,21-,22-;11-,13-;12-;;;;/m0000..../s1. The van der Waals surface area contributed by atoms with Gasteiger partial charge in [-0.2, -0.15) is 9.59 Å². The van der Waals surface area contributed by atoms with Crippen LogP contribution in [0.5, 0.6) is 0 Å². The number of halogens is 1. The summed E-state index contributed by atoms with van der Waals surface area (Å²) in [6.07, 6.45) is 4.05. The molecule has 1 fully saturated rings. The van der Waals surface area contributed by atoms with E-state index in [4.69, 9.17) is 33.3 Å². The Morgan fingerprint density at radius 1 is 0.517 bits per heavy atom. The summed E-state index contributed by atoms with van der Waals surface area (Å²) in [5, 5.41) is 19.2. The number of nitrogens with one attached hydrogen (secondary N) is 3. The normalized spacial score (nSPS) is 16.8. The number of aliphatic carboxylic acids is 1. The number of hydrogen-bond donors (Lipinski definition) is 4. The Labute approximate surface area is 688 Å². The number of rotatable bonds is 25. The maximum Gasteiger partial charge on any atom is 0.419 e. The lowest BCUT2D eigenvalue weighted by Crippen LogP contribution is -2.57. The van der Waals surface area contributed by atoms with Gasteiger partial charge in [-0.1, -0.05) is 171 Å². The largest absolute Gasteiger partial charge is 0.480 e. The van der Waals surface area contributed by atoms with E-state index in [2.05, 4.69) is 32.8 Å². The molecule has 27 heteroatoms. The molecule has 1 saturated heterocycles. The number of ether oxygens (including phenoxy) is 6. The average Bonchev–Trinajstić information content (AvgIpc) is 0.975. The summed E-state index contributed by atoms with van der Waals surface area (Å²) in [4.78, 5) is 154. The molecule has 0 unspecified atom stereocenters. The van der Waals surface area contributed by atoms with Crippen LogP contribution in [0.3, 0.4) is 0 Å². The number of fused-ring (bicyclic) bond motifs is 3. The number of carboxylic acid groups (broad SMARTS) is 1. The van der Waals surface area contributed by atoms with Crippen LogP contribution in [0, 0.1) is 0 Å². The van der Waals surface area contributed by atoms with Crippen molar-refractivity contribution in [3.63, 3.8) is 0 Å². The van der Waals surface area contributed by atoms with E-state index >= 15 is 0 Å². The average molecular weight is 1630 g/mol. The fourth-order valence-electron chi connectivity index (χ4n) is 12.9. The molecule has 0 radical (unpaired) electrons. The fraction of sp³-hybridized carbons (Fsp3) is 0.461. The van der Waals surface area contributed by atoms with Gasteiger partial charge in [0.25, 0.3) is 0 Å². The topological polar surface area (TPSA) is 343 Å². The number of cyclic esters (lactones) is 2. The van der Waals surface area contributed by atoms with Gasteiger partial charge in [0.1, 0.15) is 59.3 Å². The fourth-order valence-corrected chi connectivity index (χ4v) is 12.9. The van der Waals surface area contributed by atoms with Gasteiger partial charge in [-0.05, 0) is 192 Å². The quantitative estimate of drug-likeness (QED) is 0.0235. The number of Topliss-reactive ketones (excluding diaryl/α,β-unsaturated/α-hetero) is 1. The van der Waals surface area contributed by atoms with Gasteiger partial charge >= 0.3 is 54.0 Å². The van der Waals surface area contributed by atoms with Gasteiger partial charge in [0, 0.05) is 32.5 Å². The molecule has 6 aromatic rings. The summed E-state index contributed by atoms with van der Waals surface area (Å²) < 4.78 is 31.2. The van der Waals surface area contributed by atoms with Gasteiger partial charge in [0.05, 0.1) is 31.9 Å². The van der Waals surface area contributed by atoms with E-state index in [1.54, 1.807) is 46.4 Å². The molecular formula is C89H117ClN6O20. The molecule has 630 valence electrons. The Morgan fingerprint density at radius 2 is 0.853 bits per heavy atom. The minimum absolute atomic E-state index is 0. The Bertz CT molecular complexity index is 4180. The van der Waals surface area contributed by atoms with E-state index in [1.807, 2.05) is 193 Å². The Kier molecular flexibility index (Phi) is 42.8. The molecule has 0 saturated carbocycles. The molecule has 0 aromatic heterocycles. The first-order valence-electron chi connectivity index (χ1n) is 38.5. The first-order chi connectivity index (χ1) is 54.1. The van der Waals surface area contributed by atoms with Crippen LogP contribution < -0.4 is 16.0 Å². The highest BCUT2D eigenvalue weighted by Crippen LogP contribution is 2.29. The Morgan fingerprint density at radius 3 is 1.22 bits per heavy atom. The van der Waals surface area contributed by atoms with Gasteiger partial charge in [-0.15, -0.1) is 12.4 Å². The van der Waals surface area contributed by atoms with Gasteiger partial charge in [0.2, 0.25) is 11.8 Å². The number of carbonyl (C=O) groups is 11. The van der Waals surface area contributed by atoms with E-state index in [-0.39, 0.29) is 94.3 Å². The molecule has 6 aromatic carbocycles. The summed E-state index contributed by atoms with van der Waals surface area (Å²) in [5.74, 6) is -4.02. The summed E-state index contributed by atoms with van der Waals surface area (Å²) in [5.41, 5.74) is 8.57. The molecule has 4 aliphatic heterocycles. The predicted octanol–water partition coefficient (Wildman–Crippen LogP) is 11.4. The number of nitrogens with zero attached hydrogens (tertiary/aromatic N) is 3. The number of ketones is 1. The second kappa shape index (κ2) is 49.9. The SMILES string of the molecule is C.CC(C)(C)OC(=O)[C@@H]1Cc2ccccc2CN1.CC(C)=O.CCOC(=O)[C@H](CCc1ccccc1)N1C(=O)OC(=O)[C@@H]1C.CCOC(=O)[C@H](CCc1ccccc1)N[C@@H](C)C(=O)N1Cc2ccccc2C[C@H]1C(=O)O.CCOC(=O)[C@H](CCc1ccccc1)N[C@@H](C)C(=O)N1Cc2ccccc2C[C@H]1C(=O)OC(C)(C)C.Cl.O=C=O. The van der Waals surface area contributed by atoms with E-state index in [1.165, 1.54) is 34.8 Å². The van der Waals surface area contributed by atoms with Crippen LogP contribution in [0.2, 0.25) is 0 Å². The summed E-state index contributed by atoms with van der Waals surface area (Å²) in [6, 6.07) is 46.6. The van der Waals surface area contributed by atoms with Crippen molar-refractivity contribution in [3.8, 4) is 0 Å². The predicted molar refractivity (Wildman–Crippen MR) is 438 cm³/mol. The first-order valence-corrected chi connectivity index (χ1v) is 38.5. The van der Waals surface area contributed by atoms with Crippen LogP contribution in [0.4, 0.5) is 4.79 Å². The van der Waals surface area contributed by atoms with Crippen molar-refractivity contribution < 1.29 is 95.9 Å². The van der Waals surface area contributed by atoms with E-state index < -0.39 is 95.5 Å². The Hall–Kier alpha value is -10.8. The van der Waals surface area contributed by atoms with Crippen LogP contribution in [-0.2, 0) is 144 Å². The number of amides is 3. The lowest BCUT2D eigenvalue weighted by Gasteiger charge is -2.38. The Balaban J connectivity index is 0.000000398. The van der Waals surface area contributed by atoms with Gasteiger partial charge in [0.15, 0.2) is 0 Å². The van der Waals surface area contributed by atoms with Gasteiger partial charge in [-0.3, -0.25) is 39.5 Å². The zero-order chi connectivity index (χ0) is 84.2.